The van der Waals surface area contributed by atoms with Gasteiger partial charge in [0.05, 0.1) is 13.3 Å². The van der Waals surface area contributed by atoms with E-state index in [1.165, 1.54) is 13.2 Å². The third kappa shape index (κ3) is 5.68. The van der Waals surface area contributed by atoms with Crippen LogP contribution in [0.15, 0.2) is 18.1 Å². The van der Waals surface area contributed by atoms with Crippen molar-refractivity contribution >= 4 is 18.1 Å². The van der Waals surface area contributed by atoms with Crippen LogP contribution in [0.4, 0.5) is 4.79 Å². The summed E-state index contributed by atoms with van der Waals surface area (Å²) < 4.78 is 11.5. The van der Waals surface area contributed by atoms with Crippen molar-refractivity contribution < 1.29 is 19.1 Å². The van der Waals surface area contributed by atoms with Crippen LogP contribution in [0.25, 0.3) is 6.08 Å². The molecule has 0 aliphatic heterocycles. The molecule has 7 nitrogen and oxygen atoms in total. The van der Waals surface area contributed by atoms with Crippen molar-refractivity contribution in [1.29, 1.82) is 0 Å². The van der Waals surface area contributed by atoms with Crippen LogP contribution in [-0.2, 0) is 20.8 Å². The summed E-state index contributed by atoms with van der Waals surface area (Å²) in [7, 11) is 1.24. The first kappa shape index (κ1) is 16.7. The summed E-state index contributed by atoms with van der Waals surface area (Å²) in [6, 6.07) is 0. The number of carbonyl (C=O) groups is 2. The summed E-state index contributed by atoms with van der Waals surface area (Å²) in [5.74, 6) is -0.662. The molecule has 0 spiro atoms. The van der Waals surface area contributed by atoms with Gasteiger partial charge in [0.2, 0.25) is 0 Å². The number of rotatable bonds is 4. The van der Waals surface area contributed by atoms with Gasteiger partial charge in [0, 0.05) is 18.3 Å². The van der Waals surface area contributed by atoms with E-state index < -0.39 is 17.7 Å². The van der Waals surface area contributed by atoms with Crippen LogP contribution in [0, 0.1) is 0 Å². The zero-order valence-corrected chi connectivity index (χ0v) is 13.0. The monoisotopic (exact) mass is 295 g/mol. The van der Waals surface area contributed by atoms with Crippen LogP contribution in [0.3, 0.4) is 0 Å². The lowest BCUT2D eigenvalue weighted by Crippen LogP contribution is -2.34. The summed E-state index contributed by atoms with van der Waals surface area (Å²) in [6.45, 7) is 7.86. The van der Waals surface area contributed by atoms with Crippen molar-refractivity contribution in [2.24, 2.45) is 0 Å². The first-order valence-electron chi connectivity index (χ1n) is 6.57. The van der Waals surface area contributed by atoms with Gasteiger partial charge in [-0.2, -0.15) is 5.10 Å². The number of methoxy groups -OCH3 is 1. The Balaban J connectivity index is 2.90. The van der Waals surface area contributed by atoms with Gasteiger partial charge in [0.25, 0.3) is 0 Å². The summed E-state index contributed by atoms with van der Waals surface area (Å²) >= 11 is 0. The number of nitrogens with one attached hydrogen (secondary N) is 1. The van der Waals surface area contributed by atoms with E-state index in [0.29, 0.717) is 12.1 Å². The Bertz CT molecular complexity index is 541. The van der Waals surface area contributed by atoms with Crippen LogP contribution in [0.1, 0.15) is 33.3 Å². The molecule has 1 N–H and O–H groups in total. The topological polar surface area (TPSA) is 82.5 Å². The first-order valence-corrected chi connectivity index (χ1v) is 6.57. The molecule has 7 heteroatoms. The summed E-state index contributed by atoms with van der Waals surface area (Å²) in [4.78, 5) is 23.4. The van der Waals surface area contributed by atoms with Crippen LogP contribution in [-0.4, -0.2) is 34.6 Å². The van der Waals surface area contributed by atoms with E-state index in [1.807, 2.05) is 6.92 Å². The highest BCUT2D eigenvalue weighted by molar-refractivity contribution is 5.96. The van der Waals surface area contributed by atoms with Gasteiger partial charge in [-0.3, -0.25) is 10.00 Å². The van der Waals surface area contributed by atoms with E-state index in [2.05, 4.69) is 15.2 Å². The molecule has 0 fully saturated rings. The number of ether oxygens (including phenoxy) is 2. The molecule has 0 saturated carbocycles. The van der Waals surface area contributed by atoms with Gasteiger partial charge in [-0.05, 0) is 33.8 Å². The third-order valence-electron chi connectivity index (χ3n) is 2.33. The maximum Gasteiger partial charge on any atom is 0.412 e. The Morgan fingerprint density at radius 1 is 1.43 bits per heavy atom. The number of aryl methyl sites for hydroxylation is 1. The molecule has 0 aliphatic rings. The summed E-state index contributed by atoms with van der Waals surface area (Å²) in [5, 5.41) is 6.48. The van der Waals surface area contributed by atoms with Gasteiger partial charge in [-0.15, -0.1) is 0 Å². The molecule has 116 valence electrons. The fourth-order valence-corrected chi connectivity index (χ4v) is 1.46. The minimum atomic E-state index is -0.720. The van der Waals surface area contributed by atoms with E-state index in [1.54, 1.807) is 37.8 Å². The molecule has 0 bridgehead atoms. The average Bonchev–Trinajstić information content (AvgIpc) is 2.82. The highest BCUT2D eigenvalue weighted by atomic mass is 16.6. The zero-order valence-electron chi connectivity index (χ0n) is 13.0. The van der Waals surface area contributed by atoms with Crippen molar-refractivity contribution in [3.63, 3.8) is 0 Å². The molecule has 1 rings (SSSR count). The first-order chi connectivity index (χ1) is 9.75. The van der Waals surface area contributed by atoms with Gasteiger partial charge in [0.1, 0.15) is 11.3 Å². The van der Waals surface area contributed by atoms with Crippen molar-refractivity contribution in [1.82, 2.24) is 15.1 Å². The Hall–Kier alpha value is -2.31. The SMILES string of the molecule is CCn1cc(/C=C(\NC(=O)OC(C)(C)C)C(=O)OC)cn1. The third-order valence-corrected chi connectivity index (χ3v) is 2.33. The summed E-state index contributed by atoms with van der Waals surface area (Å²) in [5.41, 5.74) is 0.00834. The number of hydrogen-bond acceptors (Lipinski definition) is 5. The second-order valence-electron chi connectivity index (χ2n) is 5.31. The molecular formula is C14H21N3O4. The number of hydrogen-bond donors (Lipinski definition) is 1. The molecule has 0 unspecified atom stereocenters. The Morgan fingerprint density at radius 2 is 2.10 bits per heavy atom. The summed E-state index contributed by atoms with van der Waals surface area (Å²) in [6.07, 6.45) is 4.10. The molecule has 21 heavy (non-hydrogen) atoms. The standard InChI is InChI=1S/C14H21N3O4/c1-6-17-9-10(8-15-17)7-11(12(18)20-5)16-13(19)21-14(2,3)4/h7-9H,6H2,1-5H3,(H,16,19)/b11-7-. The molecule has 1 aromatic rings. The molecule has 0 saturated heterocycles. The van der Waals surface area contributed by atoms with Gasteiger partial charge >= 0.3 is 12.1 Å². The minimum absolute atomic E-state index is 0.0117. The lowest BCUT2D eigenvalue weighted by atomic mass is 10.2. The quantitative estimate of drug-likeness (QED) is 0.678. The van der Waals surface area contributed by atoms with Gasteiger partial charge < -0.3 is 9.47 Å². The normalized spacial score (nSPS) is 12.0. The fraction of sp³-hybridized carbons (Fsp3) is 0.500. The van der Waals surface area contributed by atoms with E-state index in [9.17, 15) is 9.59 Å². The van der Waals surface area contributed by atoms with Crippen molar-refractivity contribution in [2.45, 2.75) is 39.8 Å². The smallest absolute Gasteiger partial charge is 0.412 e. The van der Waals surface area contributed by atoms with E-state index in [0.717, 1.165) is 0 Å². The average molecular weight is 295 g/mol. The van der Waals surface area contributed by atoms with E-state index in [4.69, 9.17) is 4.74 Å². The molecule has 1 aromatic heterocycles. The maximum atomic E-state index is 11.7. The van der Waals surface area contributed by atoms with Gasteiger partial charge in [-0.1, -0.05) is 0 Å². The number of carbonyl (C=O) groups excluding carboxylic acids is 2. The van der Waals surface area contributed by atoms with Crippen molar-refractivity contribution in [3.05, 3.63) is 23.7 Å². The van der Waals surface area contributed by atoms with E-state index in [-0.39, 0.29) is 5.70 Å². The molecule has 0 atom stereocenters. The molecule has 0 aromatic carbocycles. The maximum absolute atomic E-state index is 11.7. The number of esters is 1. The van der Waals surface area contributed by atoms with Gasteiger partial charge in [0.15, 0.2) is 0 Å². The second-order valence-corrected chi connectivity index (χ2v) is 5.31. The molecule has 1 heterocycles. The number of aromatic nitrogens is 2. The molecule has 0 radical (unpaired) electrons. The Labute approximate surface area is 123 Å². The highest BCUT2D eigenvalue weighted by Gasteiger charge is 2.20. The second kappa shape index (κ2) is 6.92. The number of nitrogens with zero attached hydrogens (tertiary/aromatic N) is 2. The lowest BCUT2D eigenvalue weighted by Gasteiger charge is -2.20. The highest BCUT2D eigenvalue weighted by Crippen LogP contribution is 2.09. The van der Waals surface area contributed by atoms with Crippen LogP contribution >= 0.6 is 0 Å². The molecular weight excluding hydrogens is 274 g/mol. The van der Waals surface area contributed by atoms with Crippen LogP contribution in [0.2, 0.25) is 0 Å². The van der Waals surface area contributed by atoms with Crippen molar-refractivity contribution in [2.75, 3.05) is 7.11 Å². The van der Waals surface area contributed by atoms with Gasteiger partial charge in [-0.25, -0.2) is 9.59 Å². The lowest BCUT2D eigenvalue weighted by molar-refractivity contribution is -0.136. The Morgan fingerprint density at radius 3 is 2.57 bits per heavy atom. The Kier molecular flexibility index (Phi) is 5.52. The minimum Gasteiger partial charge on any atom is -0.464 e. The predicted octanol–water partition coefficient (Wildman–Crippen LogP) is 1.94. The number of alkyl carbamates (subject to hydrolysis) is 1. The van der Waals surface area contributed by atoms with Crippen LogP contribution < -0.4 is 5.32 Å². The van der Waals surface area contributed by atoms with Crippen molar-refractivity contribution in [3.8, 4) is 0 Å². The zero-order chi connectivity index (χ0) is 16.0. The predicted molar refractivity (Wildman–Crippen MR) is 77.3 cm³/mol. The van der Waals surface area contributed by atoms with E-state index >= 15 is 0 Å². The number of amides is 1. The van der Waals surface area contributed by atoms with Crippen LogP contribution in [0.5, 0.6) is 0 Å². The molecule has 1 amide bonds. The molecule has 0 aliphatic carbocycles. The fourth-order valence-electron chi connectivity index (χ4n) is 1.46. The largest absolute Gasteiger partial charge is 0.464 e.